The Morgan fingerprint density at radius 2 is 1.80 bits per heavy atom. The first kappa shape index (κ1) is 19.9. The van der Waals surface area contributed by atoms with E-state index in [1.165, 1.54) is 12.1 Å². The molecular formula is C22H17F3N2O3. The molecule has 0 atom stereocenters. The molecule has 1 aliphatic rings. The van der Waals surface area contributed by atoms with Crippen molar-refractivity contribution < 1.29 is 27.4 Å². The Bertz CT molecular complexity index is 1040. The molecule has 2 aromatic carbocycles. The van der Waals surface area contributed by atoms with Crippen LogP contribution in [0.4, 0.5) is 13.2 Å². The van der Waals surface area contributed by atoms with Crippen molar-refractivity contribution in [1.82, 2.24) is 9.88 Å². The smallest absolute Gasteiger partial charge is 0.425 e. The summed E-state index contributed by atoms with van der Waals surface area (Å²) < 4.78 is 46.4. The van der Waals surface area contributed by atoms with Crippen molar-refractivity contribution in [3.05, 3.63) is 78.1 Å². The van der Waals surface area contributed by atoms with Gasteiger partial charge in [-0.05, 0) is 47.0 Å². The lowest BCUT2D eigenvalue weighted by Gasteiger charge is -2.18. The Kier molecular flexibility index (Phi) is 5.41. The maximum Gasteiger partial charge on any atom is 0.573 e. The van der Waals surface area contributed by atoms with Gasteiger partial charge in [0.05, 0.1) is 6.54 Å². The molecule has 1 aliphatic heterocycles. The molecule has 8 heteroatoms. The topological polar surface area (TPSA) is 51.7 Å². The van der Waals surface area contributed by atoms with Crippen LogP contribution in [0, 0.1) is 0 Å². The molecule has 0 unspecified atom stereocenters. The average Bonchev–Trinajstić information content (AvgIpc) is 2.85. The van der Waals surface area contributed by atoms with E-state index in [-0.39, 0.29) is 18.3 Å². The van der Waals surface area contributed by atoms with Crippen LogP contribution in [0.3, 0.4) is 0 Å². The molecule has 0 radical (unpaired) electrons. The molecule has 0 bridgehead atoms. The van der Waals surface area contributed by atoms with Crippen molar-refractivity contribution in [2.75, 3.05) is 6.54 Å². The number of ether oxygens (including phenoxy) is 2. The molecule has 0 N–H and O–H groups in total. The van der Waals surface area contributed by atoms with Gasteiger partial charge in [0.25, 0.3) is 0 Å². The van der Waals surface area contributed by atoms with Gasteiger partial charge in [-0.1, -0.05) is 24.3 Å². The number of esters is 1. The minimum absolute atomic E-state index is 0.141. The van der Waals surface area contributed by atoms with Crippen molar-refractivity contribution >= 4 is 5.97 Å². The van der Waals surface area contributed by atoms with E-state index in [4.69, 9.17) is 4.74 Å². The zero-order chi connectivity index (χ0) is 21.1. The number of carbonyl (C=O) groups is 1. The van der Waals surface area contributed by atoms with E-state index in [9.17, 15) is 18.0 Å². The van der Waals surface area contributed by atoms with Crippen LogP contribution in [0.15, 0.2) is 67.0 Å². The van der Waals surface area contributed by atoms with Gasteiger partial charge in [-0.25, -0.2) is 0 Å². The van der Waals surface area contributed by atoms with Crippen LogP contribution in [0.2, 0.25) is 0 Å². The van der Waals surface area contributed by atoms with Gasteiger partial charge < -0.3 is 9.47 Å². The number of hydrogen-bond acceptors (Lipinski definition) is 5. The molecule has 3 aromatic rings. The molecule has 0 amide bonds. The largest absolute Gasteiger partial charge is 0.573 e. The predicted molar refractivity (Wildman–Crippen MR) is 103 cm³/mol. The maximum atomic E-state index is 12.3. The van der Waals surface area contributed by atoms with Gasteiger partial charge in [0.15, 0.2) is 0 Å². The summed E-state index contributed by atoms with van der Waals surface area (Å²) >= 11 is 0. The number of hydrogen-bond donors (Lipinski definition) is 0. The van der Waals surface area contributed by atoms with Crippen molar-refractivity contribution in [3.63, 3.8) is 0 Å². The van der Waals surface area contributed by atoms with E-state index in [1.807, 2.05) is 23.1 Å². The van der Waals surface area contributed by atoms with Gasteiger partial charge in [0, 0.05) is 31.0 Å². The summed E-state index contributed by atoms with van der Waals surface area (Å²) in [4.78, 5) is 18.2. The van der Waals surface area contributed by atoms with Crippen molar-refractivity contribution in [1.29, 1.82) is 0 Å². The Morgan fingerprint density at radius 1 is 1.03 bits per heavy atom. The summed E-state index contributed by atoms with van der Waals surface area (Å²) in [6.07, 6.45) is -1.29. The van der Waals surface area contributed by atoms with Crippen LogP contribution in [0.25, 0.3) is 11.1 Å². The molecule has 0 saturated carbocycles. The average molecular weight is 414 g/mol. The summed E-state index contributed by atoms with van der Waals surface area (Å²) in [5.41, 5.74) is 3.32. The molecule has 30 heavy (non-hydrogen) atoms. The second kappa shape index (κ2) is 8.16. The van der Waals surface area contributed by atoms with E-state index >= 15 is 0 Å². The second-order valence-corrected chi connectivity index (χ2v) is 6.88. The third kappa shape index (κ3) is 4.96. The summed E-state index contributed by atoms with van der Waals surface area (Å²) in [5, 5.41) is 0. The molecule has 0 fully saturated rings. The number of halogens is 3. The first-order valence-electron chi connectivity index (χ1n) is 9.17. The number of benzene rings is 2. The van der Waals surface area contributed by atoms with Gasteiger partial charge in [0.2, 0.25) is 0 Å². The first-order valence-corrected chi connectivity index (χ1v) is 9.17. The fourth-order valence-corrected chi connectivity index (χ4v) is 3.33. The van der Waals surface area contributed by atoms with Gasteiger partial charge in [-0.2, -0.15) is 0 Å². The molecule has 1 aromatic heterocycles. The summed E-state index contributed by atoms with van der Waals surface area (Å²) in [7, 11) is 0. The molecular weight excluding hydrogens is 397 g/mol. The maximum absolute atomic E-state index is 12.3. The van der Waals surface area contributed by atoms with Crippen molar-refractivity contribution in [2.45, 2.75) is 19.5 Å². The minimum Gasteiger partial charge on any atom is -0.425 e. The molecule has 2 heterocycles. The highest BCUT2D eigenvalue weighted by Gasteiger charge is 2.31. The first-order chi connectivity index (χ1) is 14.4. The second-order valence-electron chi connectivity index (χ2n) is 6.88. The highest BCUT2D eigenvalue weighted by atomic mass is 19.4. The molecule has 154 valence electrons. The number of nitrogens with zero attached hydrogens (tertiary/aromatic N) is 2. The Hall–Kier alpha value is -3.39. The van der Waals surface area contributed by atoms with E-state index in [2.05, 4.69) is 9.72 Å². The quantitative estimate of drug-likeness (QED) is 0.463. The summed E-state index contributed by atoms with van der Waals surface area (Å²) in [5.74, 6) is -0.147. The van der Waals surface area contributed by atoms with Gasteiger partial charge >= 0.3 is 12.3 Å². The van der Waals surface area contributed by atoms with E-state index < -0.39 is 6.36 Å². The van der Waals surface area contributed by atoms with Gasteiger partial charge in [-0.3, -0.25) is 14.7 Å². The highest BCUT2D eigenvalue weighted by molar-refractivity contribution is 5.76. The highest BCUT2D eigenvalue weighted by Crippen LogP contribution is 2.31. The van der Waals surface area contributed by atoms with E-state index in [0.29, 0.717) is 18.8 Å². The summed E-state index contributed by atoms with van der Waals surface area (Å²) in [6.45, 7) is 1.16. The zero-order valence-electron chi connectivity index (χ0n) is 15.7. The fraction of sp³-hybridized carbons (Fsp3) is 0.182. The van der Waals surface area contributed by atoms with Crippen molar-refractivity contribution in [3.8, 4) is 22.6 Å². The lowest BCUT2D eigenvalue weighted by molar-refractivity contribution is -0.274. The standard InChI is InChI=1S/C22H17F3N2O3/c23-22(24,25)30-19-6-3-16(4-7-19)17-5-8-20-18(10-17)13-27(14-21(28)29-20)12-15-2-1-9-26-11-15/h1-11H,12-14H2. The fourth-order valence-electron chi connectivity index (χ4n) is 3.33. The number of fused-ring (bicyclic) bond motifs is 1. The SMILES string of the molecule is O=C1CN(Cc2cccnc2)Cc2cc(-c3ccc(OC(F)(F)F)cc3)ccc2O1. The molecule has 4 rings (SSSR count). The lowest BCUT2D eigenvalue weighted by Crippen LogP contribution is -2.28. The number of aromatic nitrogens is 1. The van der Waals surface area contributed by atoms with E-state index in [1.54, 1.807) is 36.7 Å². The molecule has 0 saturated heterocycles. The number of carbonyl (C=O) groups excluding carboxylic acids is 1. The summed E-state index contributed by atoms with van der Waals surface area (Å²) in [6, 6.07) is 14.8. The van der Waals surface area contributed by atoms with Crippen LogP contribution < -0.4 is 9.47 Å². The zero-order valence-corrected chi connectivity index (χ0v) is 15.7. The molecule has 5 nitrogen and oxygen atoms in total. The monoisotopic (exact) mass is 414 g/mol. The minimum atomic E-state index is -4.73. The van der Waals surface area contributed by atoms with Crippen LogP contribution in [0.1, 0.15) is 11.1 Å². The third-order valence-corrected chi connectivity index (χ3v) is 4.58. The van der Waals surface area contributed by atoms with Gasteiger partial charge in [-0.15, -0.1) is 13.2 Å². The molecule has 0 aliphatic carbocycles. The predicted octanol–water partition coefficient (Wildman–Crippen LogP) is 4.57. The van der Waals surface area contributed by atoms with E-state index in [0.717, 1.165) is 22.3 Å². The van der Waals surface area contributed by atoms with Crippen LogP contribution in [-0.2, 0) is 17.9 Å². The normalized spacial score (nSPS) is 14.6. The van der Waals surface area contributed by atoms with Crippen LogP contribution >= 0.6 is 0 Å². The number of pyridine rings is 1. The number of alkyl halides is 3. The van der Waals surface area contributed by atoms with Crippen LogP contribution in [-0.4, -0.2) is 28.8 Å². The molecule has 0 spiro atoms. The Labute approximate surface area is 170 Å². The van der Waals surface area contributed by atoms with Crippen LogP contribution in [0.5, 0.6) is 11.5 Å². The lowest BCUT2D eigenvalue weighted by atomic mass is 10.0. The Morgan fingerprint density at radius 3 is 2.50 bits per heavy atom. The third-order valence-electron chi connectivity index (χ3n) is 4.58. The van der Waals surface area contributed by atoms with Crippen molar-refractivity contribution in [2.24, 2.45) is 0 Å². The number of rotatable bonds is 4. The van der Waals surface area contributed by atoms with Gasteiger partial charge in [0.1, 0.15) is 11.5 Å². The Balaban J connectivity index is 1.57.